The summed E-state index contributed by atoms with van der Waals surface area (Å²) in [6, 6.07) is 9.49. The smallest absolute Gasteiger partial charge is 0.222 e. The monoisotopic (exact) mass is 360 g/mol. The van der Waals surface area contributed by atoms with Crippen molar-refractivity contribution in [1.29, 1.82) is 0 Å². The molecule has 26 heavy (non-hydrogen) atoms. The fourth-order valence-electron chi connectivity index (χ4n) is 3.06. The molecular formula is C20H22F2N2O2. The van der Waals surface area contributed by atoms with Crippen LogP contribution >= 0.6 is 0 Å². The molecule has 0 unspecified atom stereocenters. The maximum Gasteiger partial charge on any atom is 0.222 e. The summed E-state index contributed by atoms with van der Waals surface area (Å²) < 4.78 is 32.0. The lowest BCUT2D eigenvalue weighted by Crippen LogP contribution is -2.41. The number of aromatic nitrogens is 1. The van der Waals surface area contributed by atoms with Crippen molar-refractivity contribution >= 4 is 5.91 Å². The van der Waals surface area contributed by atoms with Crippen molar-refractivity contribution in [2.45, 2.75) is 38.4 Å². The van der Waals surface area contributed by atoms with Gasteiger partial charge < -0.3 is 9.64 Å². The molecule has 2 heterocycles. The Hall–Kier alpha value is -2.34. The van der Waals surface area contributed by atoms with Crippen LogP contribution in [0.5, 0.6) is 0 Å². The van der Waals surface area contributed by atoms with Crippen molar-refractivity contribution in [1.82, 2.24) is 9.88 Å². The number of hydrogen-bond donors (Lipinski definition) is 0. The normalized spacial score (nSPS) is 15.2. The maximum atomic E-state index is 13.2. The van der Waals surface area contributed by atoms with Crippen LogP contribution in [0, 0.1) is 11.6 Å². The predicted molar refractivity (Wildman–Crippen MR) is 93.3 cm³/mol. The number of halogens is 2. The largest absolute Gasteiger partial charge is 0.372 e. The highest BCUT2D eigenvalue weighted by Crippen LogP contribution is 2.17. The summed E-state index contributed by atoms with van der Waals surface area (Å²) in [6.45, 7) is 1.79. The van der Waals surface area contributed by atoms with Crippen LogP contribution in [-0.4, -0.2) is 35.0 Å². The summed E-state index contributed by atoms with van der Waals surface area (Å²) in [4.78, 5) is 18.4. The van der Waals surface area contributed by atoms with E-state index in [0.717, 1.165) is 30.7 Å². The number of piperidine rings is 1. The summed E-state index contributed by atoms with van der Waals surface area (Å²) in [5, 5.41) is 0. The van der Waals surface area contributed by atoms with Gasteiger partial charge in [-0.1, -0.05) is 12.1 Å². The summed E-state index contributed by atoms with van der Waals surface area (Å²) in [7, 11) is 0. The van der Waals surface area contributed by atoms with Crippen LogP contribution < -0.4 is 0 Å². The molecule has 1 aliphatic heterocycles. The number of nitrogens with zero attached hydrogens (tertiary/aromatic N) is 2. The third-order valence-corrected chi connectivity index (χ3v) is 4.60. The van der Waals surface area contributed by atoms with E-state index in [-0.39, 0.29) is 12.0 Å². The number of amides is 1. The molecule has 0 atom stereocenters. The predicted octanol–water partition coefficient (Wildman–Crippen LogP) is 3.50. The standard InChI is InChI=1S/C20H22F2N2O2/c21-18-6-4-15(13-19(18)22)5-7-20(25)24-11-8-17(9-12-24)26-14-16-3-1-2-10-23-16/h1-4,6,10,13,17H,5,7-9,11-12,14H2. The highest BCUT2D eigenvalue weighted by Gasteiger charge is 2.23. The van der Waals surface area contributed by atoms with Crippen LogP contribution in [0.1, 0.15) is 30.5 Å². The quantitative estimate of drug-likeness (QED) is 0.792. The van der Waals surface area contributed by atoms with Gasteiger partial charge in [0.2, 0.25) is 5.91 Å². The van der Waals surface area contributed by atoms with Crippen molar-refractivity contribution in [3.8, 4) is 0 Å². The minimum Gasteiger partial charge on any atom is -0.372 e. The van der Waals surface area contributed by atoms with E-state index in [9.17, 15) is 13.6 Å². The van der Waals surface area contributed by atoms with Gasteiger partial charge in [0.25, 0.3) is 0 Å². The van der Waals surface area contributed by atoms with Crippen molar-refractivity contribution in [2.24, 2.45) is 0 Å². The van der Waals surface area contributed by atoms with Crippen LogP contribution in [0.15, 0.2) is 42.6 Å². The number of likely N-dealkylation sites (tertiary alicyclic amines) is 1. The summed E-state index contributed by atoms with van der Waals surface area (Å²) in [6.07, 6.45) is 4.17. The van der Waals surface area contributed by atoms with Gasteiger partial charge >= 0.3 is 0 Å². The minimum atomic E-state index is -0.874. The maximum absolute atomic E-state index is 13.2. The molecule has 0 spiro atoms. The molecule has 0 aliphatic carbocycles. The molecule has 4 nitrogen and oxygen atoms in total. The van der Waals surface area contributed by atoms with Crippen molar-refractivity contribution in [3.05, 3.63) is 65.5 Å². The zero-order chi connectivity index (χ0) is 18.4. The zero-order valence-electron chi connectivity index (χ0n) is 14.5. The molecule has 3 rings (SSSR count). The first-order valence-corrected chi connectivity index (χ1v) is 8.85. The van der Waals surface area contributed by atoms with E-state index in [1.165, 1.54) is 6.07 Å². The molecule has 1 aromatic heterocycles. The van der Waals surface area contributed by atoms with Crippen molar-refractivity contribution in [2.75, 3.05) is 13.1 Å². The van der Waals surface area contributed by atoms with Gasteiger partial charge in [0.1, 0.15) is 0 Å². The fraction of sp³-hybridized carbons (Fsp3) is 0.400. The lowest BCUT2D eigenvalue weighted by atomic mass is 10.1. The molecule has 138 valence electrons. The number of rotatable bonds is 6. The average molecular weight is 360 g/mol. The zero-order valence-corrected chi connectivity index (χ0v) is 14.5. The van der Waals surface area contributed by atoms with Crippen LogP contribution in [0.2, 0.25) is 0 Å². The van der Waals surface area contributed by atoms with Crippen LogP contribution in [0.4, 0.5) is 8.78 Å². The Morgan fingerprint density at radius 1 is 1.15 bits per heavy atom. The Bertz CT molecular complexity index is 732. The van der Waals surface area contributed by atoms with Crippen molar-refractivity contribution < 1.29 is 18.3 Å². The molecular weight excluding hydrogens is 338 g/mol. The molecule has 0 N–H and O–H groups in total. The number of ether oxygens (including phenoxy) is 1. The Morgan fingerprint density at radius 3 is 2.65 bits per heavy atom. The molecule has 0 radical (unpaired) electrons. The summed E-state index contributed by atoms with van der Waals surface area (Å²) in [5.74, 6) is -1.70. The van der Waals surface area contributed by atoms with Gasteiger partial charge in [-0.25, -0.2) is 8.78 Å². The molecule has 0 saturated carbocycles. The van der Waals surface area contributed by atoms with E-state index >= 15 is 0 Å². The summed E-state index contributed by atoms with van der Waals surface area (Å²) >= 11 is 0. The second-order valence-corrected chi connectivity index (χ2v) is 6.46. The fourth-order valence-corrected chi connectivity index (χ4v) is 3.06. The Labute approximate surface area is 151 Å². The van der Waals surface area contributed by atoms with Crippen LogP contribution in [-0.2, 0) is 22.6 Å². The first-order chi connectivity index (χ1) is 12.6. The molecule has 6 heteroatoms. The third-order valence-electron chi connectivity index (χ3n) is 4.60. The number of carbonyl (C=O) groups is 1. The molecule has 1 amide bonds. The number of pyridine rings is 1. The molecule has 1 aliphatic rings. The van der Waals surface area contributed by atoms with Gasteiger partial charge in [-0.2, -0.15) is 0 Å². The molecule has 1 saturated heterocycles. The molecule has 0 bridgehead atoms. The van der Waals surface area contributed by atoms with E-state index in [4.69, 9.17) is 4.74 Å². The van der Waals surface area contributed by atoms with E-state index in [0.29, 0.717) is 38.1 Å². The van der Waals surface area contributed by atoms with Gasteiger partial charge in [-0.15, -0.1) is 0 Å². The van der Waals surface area contributed by atoms with Gasteiger partial charge in [0, 0.05) is 25.7 Å². The van der Waals surface area contributed by atoms with Gasteiger partial charge in [0.05, 0.1) is 18.4 Å². The number of aryl methyl sites for hydroxylation is 1. The Morgan fingerprint density at radius 2 is 1.96 bits per heavy atom. The molecule has 2 aromatic rings. The highest BCUT2D eigenvalue weighted by molar-refractivity contribution is 5.76. The van der Waals surface area contributed by atoms with Crippen LogP contribution in [0.3, 0.4) is 0 Å². The highest BCUT2D eigenvalue weighted by atomic mass is 19.2. The lowest BCUT2D eigenvalue weighted by Gasteiger charge is -2.32. The minimum absolute atomic E-state index is 0.0397. The van der Waals surface area contributed by atoms with Crippen molar-refractivity contribution in [3.63, 3.8) is 0 Å². The number of hydrogen-bond acceptors (Lipinski definition) is 3. The second-order valence-electron chi connectivity index (χ2n) is 6.46. The topological polar surface area (TPSA) is 42.4 Å². The van der Waals surface area contributed by atoms with E-state index in [2.05, 4.69) is 4.98 Å². The Kier molecular flexibility index (Phi) is 6.28. The van der Waals surface area contributed by atoms with Gasteiger partial charge in [-0.05, 0) is 49.1 Å². The SMILES string of the molecule is O=C(CCc1ccc(F)c(F)c1)N1CCC(OCc2ccccn2)CC1. The Balaban J connectivity index is 1.39. The first-order valence-electron chi connectivity index (χ1n) is 8.85. The van der Waals surface area contributed by atoms with Crippen LogP contribution in [0.25, 0.3) is 0 Å². The lowest BCUT2D eigenvalue weighted by molar-refractivity contribution is -0.134. The second kappa shape index (κ2) is 8.85. The first kappa shape index (κ1) is 18.5. The molecule has 1 fully saturated rings. The number of benzene rings is 1. The van der Waals surface area contributed by atoms with Gasteiger partial charge in [-0.3, -0.25) is 9.78 Å². The molecule has 1 aromatic carbocycles. The van der Waals surface area contributed by atoms with E-state index < -0.39 is 11.6 Å². The third kappa shape index (κ3) is 5.08. The van der Waals surface area contributed by atoms with E-state index in [1.54, 1.807) is 6.20 Å². The summed E-state index contributed by atoms with van der Waals surface area (Å²) in [5.41, 5.74) is 1.53. The van der Waals surface area contributed by atoms with Gasteiger partial charge in [0.15, 0.2) is 11.6 Å². The van der Waals surface area contributed by atoms with E-state index in [1.807, 2.05) is 23.1 Å². The number of carbonyl (C=O) groups excluding carboxylic acids is 1. The average Bonchev–Trinajstić information content (AvgIpc) is 2.68.